The summed E-state index contributed by atoms with van der Waals surface area (Å²) < 4.78 is 41.2. The van der Waals surface area contributed by atoms with Crippen molar-refractivity contribution in [3.8, 4) is 0 Å². The molecule has 96 valence electrons. The molecular formula is C10H14F3N3O. The molecule has 1 aliphatic carbocycles. The number of rotatable bonds is 1. The topological polar surface area (TPSA) is 64.9 Å². The fourth-order valence-corrected chi connectivity index (χ4v) is 2.04. The van der Waals surface area contributed by atoms with Crippen LogP contribution in [0.3, 0.4) is 0 Å². The molecule has 1 aromatic heterocycles. The molecule has 1 saturated carbocycles. The molecule has 0 saturated heterocycles. The summed E-state index contributed by atoms with van der Waals surface area (Å²) in [5.41, 5.74) is 5.17. The van der Waals surface area contributed by atoms with Crippen LogP contribution in [0.4, 0.5) is 13.2 Å². The third-order valence-corrected chi connectivity index (χ3v) is 3.28. The zero-order valence-electron chi connectivity index (χ0n) is 9.42. The predicted octanol–water partition coefficient (Wildman–Crippen LogP) is 2.45. The summed E-state index contributed by atoms with van der Waals surface area (Å²) in [7, 11) is 0. The van der Waals surface area contributed by atoms with Crippen LogP contribution in [-0.4, -0.2) is 10.1 Å². The maximum Gasteiger partial charge on any atom is 0.471 e. The lowest BCUT2D eigenvalue weighted by molar-refractivity contribution is -0.159. The van der Waals surface area contributed by atoms with Gasteiger partial charge in [-0.1, -0.05) is 12.1 Å². The first-order valence-electron chi connectivity index (χ1n) is 5.51. The van der Waals surface area contributed by atoms with E-state index in [4.69, 9.17) is 5.73 Å². The van der Waals surface area contributed by atoms with Crippen molar-refractivity contribution in [3.63, 3.8) is 0 Å². The van der Waals surface area contributed by atoms with Gasteiger partial charge in [-0.2, -0.15) is 18.2 Å². The van der Waals surface area contributed by atoms with Crippen LogP contribution in [0.5, 0.6) is 0 Å². The third kappa shape index (κ3) is 2.43. The Bertz CT molecular complexity index is 394. The number of halogens is 3. The quantitative estimate of drug-likeness (QED) is 0.830. The summed E-state index contributed by atoms with van der Waals surface area (Å²) in [6, 6.07) is 0. The smallest absolute Gasteiger partial charge is 0.329 e. The minimum atomic E-state index is -4.61. The molecule has 1 aliphatic rings. The van der Waals surface area contributed by atoms with E-state index in [2.05, 4.69) is 21.6 Å². The van der Waals surface area contributed by atoms with E-state index < -0.39 is 17.6 Å². The highest BCUT2D eigenvalue weighted by Crippen LogP contribution is 2.37. The van der Waals surface area contributed by atoms with Crippen LogP contribution in [0.1, 0.15) is 44.3 Å². The number of nitrogens with zero attached hydrogens (tertiary/aromatic N) is 2. The standard InChI is InChI=1S/C10H14F3N3O/c1-6-2-4-9(14,5-3-6)7-15-8(17-16-7)10(11,12)13/h6H,2-5,14H2,1H3. The lowest BCUT2D eigenvalue weighted by Gasteiger charge is -2.33. The van der Waals surface area contributed by atoms with Gasteiger partial charge in [-0.3, -0.25) is 0 Å². The summed E-state index contributed by atoms with van der Waals surface area (Å²) in [6.45, 7) is 2.09. The molecule has 2 N–H and O–H groups in total. The zero-order valence-corrected chi connectivity index (χ0v) is 9.42. The fourth-order valence-electron chi connectivity index (χ4n) is 2.04. The van der Waals surface area contributed by atoms with Gasteiger partial charge in [-0.05, 0) is 31.6 Å². The van der Waals surface area contributed by atoms with Gasteiger partial charge in [-0.25, -0.2) is 0 Å². The van der Waals surface area contributed by atoms with Gasteiger partial charge in [0, 0.05) is 0 Å². The molecule has 0 aliphatic heterocycles. The van der Waals surface area contributed by atoms with Gasteiger partial charge in [0.1, 0.15) is 0 Å². The molecule has 4 nitrogen and oxygen atoms in total. The molecule has 0 aromatic carbocycles. The van der Waals surface area contributed by atoms with Crippen molar-refractivity contribution in [3.05, 3.63) is 11.7 Å². The number of hydrogen-bond donors (Lipinski definition) is 1. The van der Waals surface area contributed by atoms with E-state index in [9.17, 15) is 13.2 Å². The monoisotopic (exact) mass is 249 g/mol. The maximum atomic E-state index is 12.3. The molecule has 2 rings (SSSR count). The van der Waals surface area contributed by atoms with Crippen LogP contribution < -0.4 is 5.73 Å². The lowest BCUT2D eigenvalue weighted by atomic mass is 9.77. The second-order valence-corrected chi connectivity index (χ2v) is 4.76. The average Bonchev–Trinajstić information content (AvgIpc) is 2.72. The Morgan fingerprint density at radius 3 is 2.41 bits per heavy atom. The first-order valence-corrected chi connectivity index (χ1v) is 5.51. The highest BCUT2D eigenvalue weighted by atomic mass is 19.4. The summed E-state index contributed by atoms with van der Waals surface area (Å²) in [6.07, 6.45) is -1.70. The molecule has 1 heterocycles. The predicted molar refractivity (Wildman–Crippen MR) is 52.8 cm³/mol. The van der Waals surface area contributed by atoms with E-state index in [1.54, 1.807) is 0 Å². The van der Waals surface area contributed by atoms with Gasteiger partial charge >= 0.3 is 12.1 Å². The number of hydrogen-bond acceptors (Lipinski definition) is 4. The van der Waals surface area contributed by atoms with E-state index >= 15 is 0 Å². The molecule has 0 amide bonds. The molecule has 1 aromatic rings. The molecule has 0 atom stereocenters. The second kappa shape index (κ2) is 3.97. The summed E-state index contributed by atoms with van der Waals surface area (Å²) >= 11 is 0. The minimum absolute atomic E-state index is 0.0308. The van der Waals surface area contributed by atoms with E-state index in [1.165, 1.54) is 0 Å². The molecule has 1 fully saturated rings. The zero-order chi connectivity index (χ0) is 12.7. The van der Waals surface area contributed by atoms with Crippen molar-refractivity contribution in [1.29, 1.82) is 0 Å². The van der Waals surface area contributed by atoms with Crippen LogP contribution in [-0.2, 0) is 11.7 Å². The van der Waals surface area contributed by atoms with Gasteiger partial charge in [0.05, 0.1) is 5.54 Å². The minimum Gasteiger partial charge on any atom is -0.329 e. The van der Waals surface area contributed by atoms with Crippen molar-refractivity contribution in [2.45, 2.75) is 44.3 Å². The summed E-state index contributed by atoms with van der Waals surface area (Å²) in [5.74, 6) is -0.812. The van der Waals surface area contributed by atoms with E-state index in [0.717, 1.165) is 12.8 Å². The Hall–Kier alpha value is -1.11. The second-order valence-electron chi connectivity index (χ2n) is 4.76. The van der Waals surface area contributed by atoms with Crippen molar-refractivity contribution >= 4 is 0 Å². The van der Waals surface area contributed by atoms with Crippen molar-refractivity contribution in [1.82, 2.24) is 10.1 Å². The van der Waals surface area contributed by atoms with Crippen molar-refractivity contribution in [2.24, 2.45) is 11.7 Å². The summed E-state index contributed by atoms with van der Waals surface area (Å²) in [5, 5.41) is 3.37. The van der Waals surface area contributed by atoms with E-state index in [0.29, 0.717) is 18.8 Å². The van der Waals surface area contributed by atoms with Crippen LogP contribution in [0.2, 0.25) is 0 Å². The maximum absolute atomic E-state index is 12.3. The Kier molecular flexibility index (Phi) is 2.89. The van der Waals surface area contributed by atoms with Crippen LogP contribution in [0, 0.1) is 5.92 Å². The largest absolute Gasteiger partial charge is 0.471 e. The molecule has 7 heteroatoms. The van der Waals surface area contributed by atoms with Gasteiger partial charge in [-0.15, -0.1) is 0 Å². The normalized spacial score (nSPS) is 30.5. The van der Waals surface area contributed by atoms with Crippen LogP contribution in [0.15, 0.2) is 4.52 Å². The molecule has 0 spiro atoms. The number of alkyl halides is 3. The van der Waals surface area contributed by atoms with E-state index in [-0.39, 0.29) is 5.82 Å². The average molecular weight is 249 g/mol. The first kappa shape index (κ1) is 12.3. The molecule has 0 unspecified atom stereocenters. The van der Waals surface area contributed by atoms with Gasteiger partial charge < -0.3 is 10.3 Å². The highest BCUT2D eigenvalue weighted by Gasteiger charge is 2.42. The molecule has 17 heavy (non-hydrogen) atoms. The Balaban J connectivity index is 2.20. The van der Waals surface area contributed by atoms with Gasteiger partial charge in [0.2, 0.25) is 0 Å². The Morgan fingerprint density at radius 1 is 1.35 bits per heavy atom. The number of aromatic nitrogens is 2. The molecule has 0 radical (unpaired) electrons. The van der Waals surface area contributed by atoms with Crippen LogP contribution in [0.25, 0.3) is 0 Å². The Morgan fingerprint density at radius 2 is 1.94 bits per heavy atom. The number of nitrogens with two attached hydrogens (primary N) is 1. The fraction of sp³-hybridized carbons (Fsp3) is 0.800. The highest BCUT2D eigenvalue weighted by molar-refractivity contribution is 5.06. The Labute approximate surface area is 96.4 Å². The summed E-state index contributed by atoms with van der Waals surface area (Å²) in [4.78, 5) is 3.37. The molecule has 0 bridgehead atoms. The van der Waals surface area contributed by atoms with Crippen molar-refractivity contribution < 1.29 is 17.7 Å². The molecular weight excluding hydrogens is 235 g/mol. The SMILES string of the molecule is CC1CCC(N)(c2noc(C(F)(F)F)n2)CC1. The van der Waals surface area contributed by atoms with Gasteiger partial charge in [0.15, 0.2) is 5.82 Å². The van der Waals surface area contributed by atoms with Crippen LogP contribution >= 0.6 is 0 Å². The van der Waals surface area contributed by atoms with E-state index in [1.807, 2.05) is 0 Å². The van der Waals surface area contributed by atoms with Gasteiger partial charge in [0.25, 0.3) is 0 Å². The first-order chi connectivity index (χ1) is 7.81. The lowest BCUT2D eigenvalue weighted by Crippen LogP contribution is -2.41. The third-order valence-electron chi connectivity index (χ3n) is 3.28. The van der Waals surface area contributed by atoms with Crippen molar-refractivity contribution in [2.75, 3.05) is 0 Å².